The van der Waals surface area contributed by atoms with Gasteiger partial charge in [-0.3, -0.25) is 9.48 Å². The second-order valence-electron chi connectivity index (χ2n) is 4.61. The van der Waals surface area contributed by atoms with Crippen LogP contribution in [0.2, 0.25) is 0 Å². The van der Waals surface area contributed by atoms with Crippen molar-refractivity contribution in [1.82, 2.24) is 14.7 Å². The lowest BCUT2D eigenvalue weighted by atomic mass is 9.83. The fourth-order valence-corrected chi connectivity index (χ4v) is 2.65. The molecule has 1 saturated heterocycles. The van der Waals surface area contributed by atoms with Crippen LogP contribution in [-0.2, 0) is 11.8 Å². The molecule has 1 aliphatic rings. The highest BCUT2D eigenvalue weighted by Gasteiger charge is 2.35. The Bertz CT molecular complexity index is 402. The van der Waals surface area contributed by atoms with Gasteiger partial charge in [0.25, 0.3) is 0 Å². The normalized spacial score (nSPS) is 26.0. The van der Waals surface area contributed by atoms with Gasteiger partial charge in [-0.2, -0.15) is 5.10 Å². The first-order chi connectivity index (χ1) is 8.13. The molecule has 0 aromatic carbocycles. The third-order valence-electron chi connectivity index (χ3n) is 3.70. The molecule has 5 heteroatoms. The van der Waals surface area contributed by atoms with Crippen LogP contribution in [0.25, 0.3) is 0 Å². The Morgan fingerprint density at radius 1 is 1.65 bits per heavy atom. The van der Waals surface area contributed by atoms with Crippen LogP contribution in [-0.4, -0.2) is 45.4 Å². The molecular formula is C12H19N3O2. The maximum absolute atomic E-state index is 11.3. The van der Waals surface area contributed by atoms with Crippen molar-refractivity contribution in [2.75, 3.05) is 19.6 Å². The Balaban J connectivity index is 2.25. The SMILES string of the molecule is CCN1CCC(C(=O)O)C(c2ccnn2C)C1. The number of carboxylic acids is 1. The van der Waals surface area contributed by atoms with Crippen LogP contribution in [0.5, 0.6) is 0 Å². The predicted molar refractivity (Wildman–Crippen MR) is 63.8 cm³/mol. The second kappa shape index (κ2) is 4.87. The van der Waals surface area contributed by atoms with Gasteiger partial charge in [0.2, 0.25) is 0 Å². The van der Waals surface area contributed by atoms with Crippen molar-refractivity contribution in [1.29, 1.82) is 0 Å². The molecule has 94 valence electrons. The van der Waals surface area contributed by atoms with E-state index in [1.54, 1.807) is 10.9 Å². The number of aromatic nitrogens is 2. The maximum Gasteiger partial charge on any atom is 0.307 e. The van der Waals surface area contributed by atoms with E-state index in [2.05, 4.69) is 16.9 Å². The molecule has 2 unspecified atom stereocenters. The minimum absolute atomic E-state index is 0.0497. The van der Waals surface area contributed by atoms with Gasteiger partial charge >= 0.3 is 5.97 Å². The largest absolute Gasteiger partial charge is 0.481 e. The number of hydrogen-bond donors (Lipinski definition) is 1. The Morgan fingerprint density at radius 2 is 2.41 bits per heavy atom. The number of carbonyl (C=O) groups is 1. The van der Waals surface area contributed by atoms with Crippen LogP contribution in [0.15, 0.2) is 12.3 Å². The lowest BCUT2D eigenvalue weighted by molar-refractivity contribution is -0.144. The molecule has 0 aliphatic carbocycles. The number of aliphatic carboxylic acids is 1. The van der Waals surface area contributed by atoms with Crippen molar-refractivity contribution in [3.05, 3.63) is 18.0 Å². The van der Waals surface area contributed by atoms with E-state index in [1.165, 1.54) is 0 Å². The summed E-state index contributed by atoms with van der Waals surface area (Å²) in [6.45, 7) is 4.77. The van der Waals surface area contributed by atoms with E-state index in [9.17, 15) is 9.90 Å². The summed E-state index contributed by atoms with van der Waals surface area (Å²) in [5.41, 5.74) is 1.02. The Morgan fingerprint density at radius 3 is 2.94 bits per heavy atom. The number of hydrogen-bond acceptors (Lipinski definition) is 3. The number of rotatable bonds is 3. The van der Waals surface area contributed by atoms with Gasteiger partial charge in [0, 0.05) is 31.4 Å². The van der Waals surface area contributed by atoms with E-state index >= 15 is 0 Å². The Hall–Kier alpha value is -1.36. The molecule has 0 amide bonds. The van der Waals surface area contributed by atoms with E-state index in [-0.39, 0.29) is 11.8 Å². The molecule has 0 spiro atoms. The zero-order valence-corrected chi connectivity index (χ0v) is 10.3. The first kappa shape index (κ1) is 12.1. The van der Waals surface area contributed by atoms with Crippen molar-refractivity contribution in [3.8, 4) is 0 Å². The molecule has 1 aromatic heterocycles. The second-order valence-corrected chi connectivity index (χ2v) is 4.61. The van der Waals surface area contributed by atoms with E-state index in [0.717, 1.165) is 31.7 Å². The summed E-state index contributed by atoms with van der Waals surface area (Å²) in [7, 11) is 1.87. The maximum atomic E-state index is 11.3. The van der Waals surface area contributed by atoms with Crippen molar-refractivity contribution < 1.29 is 9.90 Å². The Kier molecular flexibility index (Phi) is 3.47. The van der Waals surface area contributed by atoms with Gasteiger partial charge in [0.05, 0.1) is 5.92 Å². The summed E-state index contributed by atoms with van der Waals surface area (Å²) in [6, 6.07) is 1.93. The number of likely N-dealkylation sites (tertiary alicyclic amines) is 1. The lowest BCUT2D eigenvalue weighted by Crippen LogP contribution is -2.42. The van der Waals surface area contributed by atoms with Crippen LogP contribution in [0.3, 0.4) is 0 Å². The number of aryl methyl sites for hydroxylation is 1. The minimum Gasteiger partial charge on any atom is -0.481 e. The molecule has 2 heterocycles. The third kappa shape index (κ3) is 2.34. The van der Waals surface area contributed by atoms with Gasteiger partial charge in [-0.25, -0.2) is 0 Å². The number of carboxylic acid groups (broad SMARTS) is 1. The summed E-state index contributed by atoms with van der Waals surface area (Å²) in [4.78, 5) is 13.6. The zero-order chi connectivity index (χ0) is 12.4. The van der Waals surface area contributed by atoms with Crippen molar-refractivity contribution in [2.45, 2.75) is 19.3 Å². The molecule has 0 bridgehead atoms. The highest BCUT2D eigenvalue weighted by atomic mass is 16.4. The highest BCUT2D eigenvalue weighted by Crippen LogP contribution is 2.32. The molecule has 5 nitrogen and oxygen atoms in total. The van der Waals surface area contributed by atoms with Crippen molar-refractivity contribution >= 4 is 5.97 Å². The van der Waals surface area contributed by atoms with E-state index in [1.807, 2.05) is 13.1 Å². The Labute approximate surface area is 101 Å². The third-order valence-corrected chi connectivity index (χ3v) is 3.70. The van der Waals surface area contributed by atoms with Gasteiger partial charge < -0.3 is 10.0 Å². The van der Waals surface area contributed by atoms with Crippen LogP contribution < -0.4 is 0 Å². The fourth-order valence-electron chi connectivity index (χ4n) is 2.65. The molecule has 1 fully saturated rings. The smallest absolute Gasteiger partial charge is 0.307 e. The summed E-state index contributed by atoms with van der Waals surface area (Å²) < 4.78 is 1.79. The van der Waals surface area contributed by atoms with Crippen LogP contribution in [0, 0.1) is 5.92 Å². The van der Waals surface area contributed by atoms with Crippen molar-refractivity contribution in [2.24, 2.45) is 13.0 Å². The minimum atomic E-state index is -0.688. The van der Waals surface area contributed by atoms with Crippen LogP contribution in [0.1, 0.15) is 25.0 Å². The standard InChI is InChI=1S/C12H19N3O2/c1-3-15-7-5-9(12(16)17)10(8-15)11-4-6-13-14(11)2/h4,6,9-10H,3,5,7-8H2,1-2H3,(H,16,17). The summed E-state index contributed by atoms with van der Waals surface area (Å²) in [5, 5.41) is 13.5. The molecule has 0 saturated carbocycles. The van der Waals surface area contributed by atoms with Gasteiger partial charge in [-0.05, 0) is 25.6 Å². The average molecular weight is 237 g/mol. The molecule has 2 rings (SSSR count). The van der Waals surface area contributed by atoms with Crippen LogP contribution >= 0.6 is 0 Å². The van der Waals surface area contributed by atoms with E-state index in [4.69, 9.17) is 0 Å². The van der Waals surface area contributed by atoms with Gasteiger partial charge in [-0.1, -0.05) is 6.92 Å². The summed E-state index contributed by atoms with van der Waals surface area (Å²) in [6.07, 6.45) is 2.46. The van der Waals surface area contributed by atoms with Gasteiger partial charge in [0.15, 0.2) is 0 Å². The number of likely N-dealkylation sites (N-methyl/N-ethyl adjacent to an activating group) is 1. The first-order valence-corrected chi connectivity index (χ1v) is 6.06. The fraction of sp³-hybridized carbons (Fsp3) is 0.667. The molecule has 17 heavy (non-hydrogen) atoms. The number of piperidine rings is 1. The predicted octanol–water partition coefficient (Wildman–Crippen LogP) is 0.930. The summed E-state index contributed by atoms with van der Waals surface area (Å²) in [5.74, 6) is -0.922. The van der Waals surface area contributed by atoms with Gasteiger partial charge in [-0.15, -0.1) is 0 Å². The molecular weight excluding hydrogens is 218 g/mol. The summed E-state index contributed by atoms with van der Waals surface area (Å²) >= 11 is 0. The van der Waals surface area contributed by atoms with E-state index < -0.39 is 5.97 Å². The zero-order valence-electron chi connectivity index (χ0n) is 10.3. The van der Waals surface area contributed by atoms with Crippen LogP contribution in [0.4, 0.5) is 0 Å². The molecule has 1 aliphatic heterocycles. The average Bonchev–Trinajstić information content (AvgIpc) is 2.74. The lowest BCUT2D eigenvalue weighted by Gasteiger charge is -2.36. The van der Waals surface area contributed by atoms with Crippen molar-refractivity contribution in [3.63, 3.8) is 0 Å². The topological polar surface area (TPSA) is 58.4 Å². The quantitative estimate of drug-likeness (QED) is 0.849. The first-order valence-electron chi connectivity index (χ1n) is 6.06. The number of nitrogens with zero attached hydrogens (tertiary/aromatic N) is 3. The monoisotopic (exact) mass is 237 g/mol. The molecule has 0 radical (unpaired) electrons. The molecule has 1 N–H and O–H groups in total. The molecule has 2 atom stereocenters. The van der Waals surface area contributed by atoms with E-state index in [0.29, 0.717) is 0 Å². The van der Waals surface area contributed by atoms with Gasteiger partial charge in [0.1, 0.15) is 0 Å². The highest BCUT2D eigenvalue weighted by molar-refractivity contribution is 5.71. The molecule has 1 aromatic rings.